The summed E-state index contributed by atoms with van der Waals surface area (Å²) in [5.74, 6) is 0.976. The van der Waals surface area contributed by atoms with Crippen LogP contribution in [0.15, 0.2) is 4.99 Å². The number of hydrogen-bond donors (Lipinski definition) is 1. The molecule has 2 fully saturated rings. The molecule has 14 heavy (non-hydrogen) atoms. The van der Waals surface area contributed by atoms with Crippen molar-refractivity contribution in [3.63, 3.8) is 0 Å². The first kappa shape index (κ1) is 9.08. The SMILES string of the molecule is C1CC(NC2=NCC(C3CCC3)S2)C1. The number of thioether (sulfide) groups is 1. The fraction of sp³-hybridized carbons (Fsp3) is 0.909. The Labute approximate surface area is 89.9 Å². The van der Waals surface area contributed by atoms with Gasteiger partial charge in [-0.15, -0.1) is 0 Å². The minimum absolute atomic E-state index is 0.751. The van der Waals surface area contributed by atoms with Crippen LogP contribution in [0, 0.1) is 5.92 Å². The highest BCUT2D eigenvalue weighted by Gasteiger charge is 2.32. The zero-order valence-corrected chi connectivity index (χ0v) is 9.35. The van der Waals surface area contributed by atoms with E-state index in [2.05, 4.69) is 10.3 Å². The van der Waals surface area contributed by atoms with Gasteiger partial charge in [-0.05, 0) is 38.0 Å². The van der Waals surface area contributed by atoms with Gasteiger partial charge in [0.1, 0.15) is 0 Å². The summed E-state index contributed by atoms with van der Waals surface area (Å²) in [5.41, 5.74) is 0. The Hall–Kier alpha value is -0.180. The molecule has 1 heterocycles. The van der Waals surface area contributed by atoms with E-state index in [1.54, 1.807) is 0 Å². The monoisotopic (exact) mass is 210 g/mol. The summed E-state index contributed by atoms with van der Waals surface area (Å²) in [7, 11) is 0. The molecule has 1 aliphatic heterocycles. The predicted molar refractivity (Wildman–Crippen MR) is 61.8 cm³/mol. The lowest BCUT2D eigenvalue weighted by Crippen LogP contribution is -2.38. The molecule has 0 bridgehead atoms. The molecule has 0 saturated heterocycles. The maximum Gasteiger partial charge on any atom is 0.157 e. The van der Waals surface area contributed by atoms with Gasteiger partial charge in [0.05, 0.1) is 6.54 Å². The summed E-state index contributed by atoms with van der Waals surface area (Å²) in [6, 6.07) is 0.751. The van der Waals surface area contributed by atoms with Crippen molar-refractivity contribution < 1.29 is 0 Å². The van der Waals surface area contributed by atoms with Gasteiger partial charge in [-0.1, -0.05) is 18.2 Å². The van der Waals surface area contributed by atoms with E-state index in [9.17, 15) is 0 Å². The fourth-order valence-corrected chi connectivity index (χ4v) is 3.54. The van der Waals surface area contributed by atoms with Crippen LogP contribution in [0.4, 0.5) is 0 Å². The average molecular weight is 210 g/mol. The van der Waals surface area contributed by atoms with Crippen molar-refractivity contribution in [1.29, 1.82) is 0 Å². The highest BCUT2D eigenvalue weighted by atomic mass is 32.2. The molecular weight excluding hydrogens is 192 g/mol. The first-order valence-corrected chi connectivity index (χ1v) is 6.77. The van der Waals surface area contributed by atoms with Crippen molar-refractivity contribution in [1.82, 2.24) is 5.32 Å². The molecule has 3 rings (SSSR count). The molecule has 0 aromatic rings. The molecule has 0 spiro atoms. The number of aliphatic imine (C=N–C) groups is 1. The van der Waals surface area contributed by atoms with Crippen LogP contribution in [0.1, 0.15) is 38.5 Å². The summed E-state index contributed by atoms with van der Waals surface area (Å²) in [5, 5.41) is 5.61. The maximum atomic E-state index is 4.61. The zero-order chi connectivity index (χ0) is 9.38. The molecule has 0 radical (unpaired) electrons. The minimum Gasteiger partial charge on any atom is -0.362 e. The van der Waals surface area contributed by atoms with Crippen LogP contribution in [0.2, 0.25) is 0 Å². The molecule has 0 aromatic carbocycles. The predicted octanol–water partition coefficient (Wildman–Crippen LogP) is 2.40. The van der Waals surface area contributed by atoms with Gasteiger partial charge in [0, 0.05) is 11.3 Å². The molecule has 78 valence electrons. The van der Waals surface area contributed by atoms with E-state index >= 15 is 0 Å². The van der Waals surface area contributed by atoms with Crippen LogP contribution in [-0.2, 0) is 0 Å². The fourth-order valence-electron chi connectivity index (χ4n) is 2.25. The third-order valence-electron chi connectivity index (χ3n) is 3.79. The molecule has 2 saturated carbocycles. The standard InChI is InChI=1S/C11H18N2S/c1-3-8(4-1)10-7-12-11(14-10)13-9-5-2-6-9/h8-10H,1-7H2,(H,12,13). The first-order chi connectivity index (χ1) is 6.92. The van der Waals surface area contributed by atoms with Gasteiger partial charge in [0.25, 0.3) is 0 Å². The largest absolute Gasteiger partial charge is 0.362 e. The van der Waals surface area contributed by atoms with E-state index < -0.39 is 0 Å². The van der Waals surface area contributed by atoms with Crippen LogP contribution in [0.25, 0.3) is 0 Å². The Morgan fingerprint density at radius 3 is 2.50 bits per heavy atom. The van der Waals surface area contributed by atoms with Gasteiger partial charge in [-0.2, -0.15) is 0 Å². The molecule has 0 aromatic heterocycles. The zero-order valence-electron chi connectivity index (χ0n) is 8.54. The van der Waals surface area contributed by atoms with Crippen LogP contribution >= 0.6 is 11.8 Å². The van der Waals surface area contributed by atoms with Gasteiger partial charge in [-0.25, -0.2) is 0 Å². The molecular formula is C11H18N2S. The van der Waals surface area contributed by atoms with Gasteiger partial charge in [-0.3, -0.25) is 4.99 Å². The summed E-state index contributed by atoms with van der Waals surface area (Å²) < 4.78 is 0. The van der Waals surface area contributed by atoms with Gasteiger partial charge in [0.15, 0.2) is 5.17 Å². The van der Waals surface area contributed by atoms with Crippen molar-refractivity contribution in [3.8, 4) is 0 Å². The van der Waals surface area contributed by atoms with Gasteiger partial charge >= 0.3 is 0 Å². The second-order valence-electron chi connectivity index (χ2n) is 4.77. The molecule has 0 amide bonds. The number of amidine groups is 1. The molecule has 1 atom stereocenters. The Morgan fingerprint density at radius 1 is 1.14 bits per heavy atom. The Morgan fingerprint density at radius 2 is 1.93 bits per heavy atom. The van der Waals surface area contributed by atoms with Crippen molar-refractivity contribution in [2.45, 2.75) is 49.8 Å². The summed E-state index contributed by atoms with van der Waals surface area (Å²) in [4.78, 5) is 4.61. The van der Waals surface area contributed by atoms with E-state index in [4.69, 9.17) is 0 Å². The summed E-state index contributed by atoms with van der Waals surface area (Å²) in [6.07, 6.45) is 8.46. The number of hydrogen-bond acceptors (Lipinski definition) is 3. The van der Waals surface area contributed by atoms with Crippen molar-refractivity contribution in [2.75, 3.05) is 6.54 Å². The highest BCUT2D eigenvalue weighted by Crippen LogP contribution is 2.38. The highest BCUT2D eigenvalue weighted by molar-refractivity contribution is 8.14. The molecule has 3 aliphatic rings. The van der Waals surface area contributed by atoms with Crippen molar-refractivity contribution in [3.05, 3.63) is 0 Å². The first-order valence-electron chi connectivity index (χ1n) is 5.89. The van der Waals surface area contributed by atoms with Crippen LogP contribution < -0.4 is 5.32 Å². The topological polar surface area (TPSA) is 24.4 Å². The van der Waals surface area contributed by atoms with Crippen molar-refractivity contribution in [2.24, 2.45) is 10.9 Å². The third-order valence-corrected chi connectivity index (χ3v) is 5.09. The van der Waals surface area contributed by atoms with Gasteiger partial charge in [0.2, 0.25) is 0 Å². The third kappa shape index (κ3) is 1.67. The lowest BCUT2D eigenvalue weighted by atomic mass is 9.83. The molecule has 1 unspecified atom stereocenters. The van der Waals surface area contributed by atoms with Crippen LogP contribution in [-0.4, -0.2) is 23.0 Å². The Bertz CT molecular complexity index is 244. The van der Waals surface area contributed by atoms with E-state index in [0.717, 1.165) is 23.8 Å². The lowest BCUT2D eigenvalue weighted by Gasteiger charge is -2.31. The lowest BCUT2D eigenvalue weighted by molar-refractivity contribution is 0.311. The second kappa shape index (κ2) is 3.76. The summed E-state index contributed by atoms with van der Waals surface area (Å²) >= 11 is 2.01. The number of nitrogens with zero attached hydrogens (tertiary/aromatic N) is 1. The molecule has 1 N–H and O–H groups in total. The number of nitrogens with one attached hydrogen (secondary N) is 1. The molecule has 2 nitrogen and oxygen atoms in total. The quantitative estimate of drug-likeness (QED) is 0.757. The normalized spacial score (nSPS) is 33.4. The van der Waals surface area contributed by atoms with Gasteiger partial charge < -0.3 is 5.32 Å². The van der Waals surface area contributed by atoms with Crippen molar-refractivity contribution >= 4 is 16.9 Å². The Balaban J connectivity index is 1.47. The molecule has 3 heteroatoms. The van der Waals surface area contributed by atoms with E-state index in [1.807, 2.05) is 11.8 Å². The minimum atomic E-state index is 0.751. The van der Waals surface area contributed by atoms with Crippen LogP contribution in [0.5, 0.6) is 0 Å². The number of rotatable bonds is 2. The molecule has 2 aliphatic carbocycles. The Kier molecular flexibility index (Phi) is 2.44. The van der Waals surface area contributed by atoms with E-state index in [-0.39, 0.29) is 0 Å². The van der Waals surface area contributed by atoms with E-state index in [1.165, 1.54) is 43.7 Å². The van der Waals surface area contributed by atoms with Crippen LogP contribution in [0.3, 0.4) is 0 Å². The smallest absolute Gasteiger partial charge is 0.157 e. The van der Waals surface area contributed by atoms with E-state index in [0.29, 0.717) is 0 Å². The maximum absolute atomic E-state index is 4.61. The summed E-state index contributed by atoms with van der Waals surface area (Å²) in [6.45, 7) is 1.07. The average Bonchev–Trinajstić information content (AvgIpc) is 2.42. The second-order valence-corrected chi connectivity index (χ2v) is 5.99.